The molecule has 1 atom stereocenters. The van der Waals surface area contributed by atoms with Gasteiger partial charge >= 0.3 is 0 Å². The van der Waals surface area contributed by atoms with Crippen LogP contribution in [0.3, 0.4) is 0 Å². The van der Waals surface area contributed by atoms with Crippen LogP contribution in [-0.2, 0) is 0 Å². The molecule has 0 aromatic heterocycles. The summed E-state index contributed by atoms with van der Waals surface area (Å²) in [6.07, 6.45) is 0. The maximum absolute atomic E-state index is 13.6. The van der Waals surface area contributed by atoms with E-state index < -0.39 is 17.0 Å². The molecule has 0 saturated heterocycles. The number of rotatable bonds is 2. The molecule has 5 heteroatoms. The van der Waals surface area contributed by atoms with Gasteiger partial charge in [0.05, 0.1) is 5.38 Å². The minimum Gasteiger partial charge on any atom is -0.207 e. The van der Waals surface area contributed by atoms with Crippen LogP contribution in [0, 0.1) is 11.6 Å². The second-order valence-corrected chi connectivity index (χ2v) is 5.45. The molecular weight excluding hydrogens is 345 g/mol. The van der Waals surface area contributed by atoms with E-state index in [2.05, 4.69) is 15.9 Å². The van der Waals surface area contributed by atoms with Crippen LogP contribution in [0.25, 0.3) is 0 Å². The Kier molecular flexibility index (Phi) is 4.25. The Labute approximate surface area is 122 Å². The first-order valence-corrected chi connectivity index (χ1v) is 6.63. The predicted octanol–water partition coefficient (Wildman–Crippen LogP) is 5.71. The zero-order valence-corrected chi connectivity index (χ0v) is 12.0. The lowest BCUT2D eigenvalue weighted by Crippen LogP contribution is -1.99. The van der Waals surface area contributed by atoms with Crippen LogP contribution in [0.2, 0.25) is 5.02 Å². The lowest BCUT2D eigenvalue weighted by molar-refractivity contribution is 0.587. The summed E-state index contributed by atoms with van der Waals surface area (Å²) in [6.45, 7) is 0. The van der Waals surface area contributed by atoms with E-state index in [0.717, 1.165) is 22.7 Å². The lowest BCUT2D eigenvalue weighted by Gasteiger charge is -2.13. The third-order valence-electron chi connectivity index (χ3n) is 2.46. The molecule has 2 aromatic carbocycles. The number of hydrogen-bond donors (Lipinski definition) is 0. The van der Waals surface area contributed by atoms with Crippen LogP contribution in [-0.4, -0.2) is 0 Å². The van der Waals surface area contributed by atoms with Crippen LogP contribution in [0.1, 0.15) is 16.5 Å². The number of alkyl halides is 1. The molecular formula is C13H7BrCl2F2. The summed E-state index contributed by atoms with van der Waals surface area (Å²) in [5.74, 6) is -1.10. The van der Waals surface area contributed by atoms with E-state index in [9.17, 15) is 8.78 Å². The van der Waals surface area contributed by atoms with Gasteiger partial charge in [0.2, 0.25) is 0 Å². The Hall–Kier alpha value is -0.640. The second-order valence-electron chi connectivity index (χ2n) is 3.69. The molecule has 0 spiro atoms. The normalized spacial score (nSPS) is 12.5. The van der Waals surface area contributed by atoms with Gasteiger partial charge in [-0.05, 0) is 42.0 Å². The van der Waals surface area contributed by atoms with Gasteiger partial charge in [0.1, 0.15) is 11.6 Å². The van der Waals surface area contributed by atoms with Gasteiger partial charge in [0, 0.05) is 15.1 Å². The quantitative estimate of drug-likeness (QED) is 0.608. The highest BCUT2D eigenvalue weighted by molar-refractivity contribution is 9.10. The molecule has 0 amide bonds. The first-order valence-electron chi connectivity index (χ1n) is 5.03. The van der Waals surface area contributed by atoms with Crippen molar-refractivity contribution in [2.45, 2.75) is 5.38 Å². The molecule has 0 nitrogen and oxygen atoms in total. The summed E-state index contributed by atoms with van der Waals surface area (Å²) in [7, 11) is 0. The van der Waals surface area contributed by atoms with Crippen molar-refractivity contribution < 1.29 is 8.78 Å². The summed E-state index contributed by atoms with van der Waals surface area (Å²) in [5.41, 5.74) is 0.592. The largest absolute Gasteiger partial charge is 0.207 e. The SMILES string of the molecule is Fc1ccc(F)c(C(Cl)c2cc(Br)ccc2Cl)c1. The third-order valence-corrected chi connectivity index (χ3v) is 3.77. The van der Waals surface area contributed by atoms with Crippen LogP contribution < -0.4 is 0 Å². The summed E-state index contributed by atoms with van der Waals surface area (Å²) < 4.78 is 27.5. The Morgan fingerprint density at radius 1 is 1.00 bits per heavy atom. The van der Waals surface area contributed by atoms with Gasteiger partial charge in [-0.25, -0.2) is 8.78 Å². The summed E-state index contributed by atoms with van der Waals surface area (Å²) in [4.78, 5) is 0. The van der Waals surface area contributed by atoms with Gasteiger partial charge in [-0.3, -0.25) is 0 Å². The molecule has 2 aromatic rings. The first kappa shape index (κ1) is 13.8. The molecule has 0 aliphatic carbocycles. The molecule has 0 saturated carbocycles. The highest BCUT2D eigenvalue weighted by Gasteiger charge is 2.19. The fourth-order valence-electron chi connectivity index (χ4n) is 1.59. The minimum absolute atomic E-state index is 0.0664. The Morgan fingerprint density at radius 3 is 2.44 bits per heavy atom. The topological polar surface area (TPSA) is 0 Å². The molecule has 0 fully saturated rings. The van der Waals surface area contributed by atoms with Gasteiger partial charge in [0.15, 0.2) is 0 Å². The van der Waals surface area contributed by atoms with Crippen molar-refractivity contribution in [1.29, 1.82) is 0 Å². The van der Waals surface area contributed by atoms with Crippen LogP contribution in [0.4, 0.5) is 8.78 Å². The number of hydrogen-bond acceptors (Lipinski definition) is 0. The standard InChI is InChI=1S/C13H7BrCl2F2/c14-7-1-3-11(15)9(5-7)13(16)10-6-8(17)2-4-12(10)18/h1-6,13H. The molecule has 0 bridgehead atoms. The average Bonchev–Trinajstić information content (AvgIpc) is 2.34. The molecule has 0 radical (unpaired) electrons. The van der Waals surface area contributed by atoms with E-state index in [1.165, 1.54) is 0 Å². The molecule has 2 rings (SSSR count). The van der Waals surface area contributed by atoms with Crippen LogP contribution >= 0.6 is 39.1 Å². The highest BCUT2D eigenvalue weighted by Crippen LogP contribution is 2.36. The van der Waals surface area contributed by atoms with Crippen molar-refractivity contribution in [1.82, 2.24) is 0 Å². The predicted molar refractivity (Wildman–Crippen MR) is 73.2 cm³/mol. The number of halogens is 5. The maximum atomic E-state index is 13.6. The van der Waals surface area contributed by atoms with Gasteiger partial charge in [-0.15, -0.1) is 11.6 Å². The molecule has 0 N–H and O–H groups in total. The second kappa shape index (κ2) is 5.55. The van der Waals surface area contributed by atoms with Crippen molar-refractivity contribution >= 4 is 39.1 Å². The first-order chi connectivity index (χ1) is 8.49. The maximum Gasteiger partial charge on any atom is 0.128 e. The van der Waals surface area contributed by atoms with E-state index in [4.69, 9.17) is 23.2 Å². The summed E-state index contributed by atoms with van der Waals surface area (Å²) in [6, 6.07) is 8.25. The van der Waals surface area contributed by atoms with E-state index >= 15 is 0 Å². The van der Waals surface area contributed by atoms with Crippen molar-refractivity contribution in [2.24, 2.45) is 0 Å². The van der Waals surface area contributed by atoms with Gasteiger partial charge in [-0.2, -0.15) is 0 Å². The molecule has 94 valence electrons. The fourth-order valence-corrected chi connectivity index (χ4v) is 2.59. The minimum atomic E-state index is -0.842. The summed E-state index contributed by atoms with van der Waals surface area (Å²) >= 11 is 15.5. The monoisotopic (exact) mass is 350 g/mol. The third kappa shape index (κ3) is 2.85. The van der Waals surface area contributed by atoms with E-state index in [1.807, 2.05) is 0 Å². The summed E-state index contributed by atoms with van der Waals surface area (Å²) in [5, 5.41) is -0.437. The van der Waals surface area contributed by atoms with Crippen LogP contribution in [0.5, 0.6) is 0 Å². The van der Waals surface area contributed by atoms with E-state index in [1.54, 1.807) is 18.2 Å². The lowest BCUT2D eigenvalue weighted by atomic mass is 10.0. The molecule has 0 aliphatic rings. The van der Waals surface area contributed by atoms with E-state index in [-0.39, 0.29) is 5.56 Å². The zero-order chi connectivity index (χ0) is 13.3. The molecule has 1 unspecified atom stereocenters. The Bertz CT molecular complexity index is 536. The van der Waals surface area contributed by atoms with Gasteiger partial charge in [0.25, 0.3) is 0 Å². The van der Waals surface area contributed by atoms with Crippen LogP contribution in [0.15, 0.2) is 40.9 Å². The Balaban J connectivity index is 2.50. The van der Waals surface area contributed by atoms with Crippen molar-refractivity contribution in [2.75, 3.05) is 0 Å². The van der Waals surface area contributed by atoms with Crippen molar-refractivity contribution in [3.05, 3.63) is 68.7 Å². The van der Waals surface area contributed by atoms with E-state index in [0.29, 0.717) is 10.6 Å². The smallest absolute Gasteiger partial charge is 0.128 e. The zero-order valence-electron chi connectivity index (χ0n) is 8.93. The molecule has 0 aliphatic heterocycles. The van der Waals surface area contributed by atoms with Crippen molar-refractivity contribution in [3.63, 3.8) is 0 Å². The molecule has 0 heterocycles. The van der Waals surface area contributed by atoms with Crippen molar-refractivity contribution in [3.8, 4) is 0 Å². The fraction of sp³-hybridized carbons (Fsp3) is 0.0769. The molecule has 18 heavy (non-hydrogen) atoms. The highest BCUT2D eigenvalue weighted by atomic mass is 79.9. The van der Waals surface area contributed by atoms with Gasteiger partial charge in [-0.1, -0.05) is 27.5 Å². The van der Waals surface area contributed by atoms with Gasteiger partial charge < -0.3 is 0 Å². The number of benzene rings is 2. The Morgan fingerprint density at radius 2 is 1.72 bits per heavy atom. The average molecular weight is 352 g/mol.